The van der Waals surface area contributed by atoms with Crippen molar-refractivity contribution in [2.24, 2.45) is 7.05 Å². The molecule has 2 rings (SSSR count). The average Bonchev–Trinajstić information content (AvgIpc) is 2.94. The van der Waals surface area contributed by atoms with Gasteiger partial charge in [0, 0.05) is 25.0 Å². The molecule has 1 atom stereocenters. The fourth-order valence-electron chi connectivity index (χ4n) is 1.84. The average molecular weight is 301 g/mol. The second kappa shape index (κ2) is 5.23. The summed E-state index contributed by atoms with van der Waals surface area (Å²) in [6, 6.07) is 1.61. The number of nitrogens with zero attached hydrogens (tertiary/aromatic N) is 4. The Labute approximate surface area is 118 Å². The number of aryl methyl sites for hydroxylation is 2. The normalized spacial score (nSPS) is 13.2. The number of halogens is 3. The van der Waals surface area contributed by atoms with Gasteiger partial charge in [-0.2, -0.15) is 23.4 Å². The van der Waals surface area contributed by atoms with Crippen molar-refractivity contribution >= 4 is 11.7 Å². The first-order valence-corrected chi connectivity index (χ1v) is 6.12. The third kappa shape index (κ3) is 3.23. The number of amides is 1. The maximum atomic E-state index is 12.6. The smallest absolute Gasteiger partial charge is 0.307 e. The first-order chi connectivity index (χ1) is 9.68. The molecule has 9 heteroatoms. The molecule has 0 saturated carbocycles. The van der Waals surface area contributed by atoms with E-state index in [0.717, 1.165) is 10.7 Å². The highest BCUT2D eigenvalue weighted by Gasteiger charge is 2.35. The lowest BCUT2D eigenvalue weighted by atomic mass is 10.3. The van der Waals surface area contributed by atoms with Crippen LogP contribution in [0.25, 0.3) is 0 Å². The number of carbonyl (C=O) groups excluding carboxylic acids is 1. The van der Waals surface area contributed by atoms with Gasteiger partial charge in [-0.15, -0.1) is 0 Å². The molecule has 0 unspecified atom stereocenters. The Hall–Kier alpha value is -2.32. The third-order valence-corrected chi connectivity index (χ3v) is 2.92. The summed E-state index contributed by atoms with van der Waals surface area (Å²) in [6.45, 7) is 2.94. The van der Waals surface area contributed by atoms with Crippen LogP contribution in [0.2, 0.25) is 0 Å². The van der Waals surface area contributed by atoms with Crippen LogP contribution in [0.3, 0.4) is 0 Å². The summed E-state index contributed by atoms with van der Waals surface area (Å²) in [5.41, 5.74) is -0.761. The van der Waals surface area contributed by atoms with E-state index in [-0.39, 0.29) is 5.69 Å². The maximum absolute atomic E-state index is 12.6. The van der Waals surface area contributed by atoms with Gasteiger partial charge >= 0.3 is 6.18 Å². The Balaban J connectivity index is 2.17. The standard InChI is InChI=1S/C12H14F3N5O/c1-7-6-9(12(13,14)15)17-20(7)8(2)11(21)16-10-4-5-19(3)18-10/h4-6,8H,1-3H3,(H,16,18,21)/t8-/m1/s1. The summed E-state index contributed by atoms with van der Waals surface area (Å²) in [5, 5.41) is 9.95. The minimum Gasteiger partial charge on any atom is -0.307 e. The molecule has 0 radical (unpaired) electrons. The van der Waals surface area contributed by atoms with E-state index in [1.54, 1.807) is 19.3 Å². The quantitative estimate of drug-likeness (QED) is 0.944. The van der Waals surface area contributed by atoms with Gasteiger partial charge in [0.25, 0.3) is 0 Å². The van der Waals surface area contributed by atoms with E-state index in [2.05, 4.69) is 15.5 Å². The summed E-state index contributed by atoms with van der Waals surface area (Å²) < 4.78 is 40.4. The maximum Gasteiger partial charge on any atom is 0.435 e. The Kier molecular flexibility index (Phi) is 3.75. The van der Waals surface area contributed by atoms with Crippen LogP contribution in [0.5, 0.6) is 0 Å². The number of hydrogen-bond acceptors (Lipinski definition) is 3. The molecule has 0 aliphatic carbocycles. The molecule has 2 heterocycles. The van der Waals surface area contributed by atoms with E-state index >= 15 is 0 Å². The lowest BCUT2D eigenvalue weighted by Crippen LogP contribution is -2.25. The molecular weight excluding hydrogens is 287 g/mol. The van der Waals surface area contributed by atoms with Crippen molar-refractivity contribution in [2.45, 2.75) is 26.1 Å². The van der Waals surface area contributed by atoms with Crippen LogP contribution in [0.4, 0.5) is 19.0 Å². The van der Waals surface area contributed by atoms with Crippen molar-refractivity contribution in [3.63, 3.8) is 0 Å². The van der Waals surface area contributed by atoms with Gasteiger partial charge in [-0.05, 0) is 19.9 Å². The van der Waals surface area contributed by atoms with E-state index in [4.69, 9.17) is 0 Å². The van der Waals surface area contributed by atoms with Crippen LogP contribution in [0, 0.1) is 6.92 Å². The Bertz CT molecular complexity index is 658. The van der Waals surface area contributed by atoms with Gasteiger partial charge in [0.05, 0.1) is 0 Å². The Morgan fingerprint density at radius 3 is 2.52 bits per heavy atom. The summed E-state index contributed by atoms with van der Waals surface area (Å²) in [4.78, 5) is 12.0. The van der Waals surface area contributed by atoms with Crippen LogP contribution < -0.4 is 5.32 Å². The highest BCUT2D eigenvalue weighted by Crippen LogP contribution is 2.29. The van der Waals surface area contributed by atoms with Crippen molar-refractivity contribution in [3.8, 4) is 0 Å². The van der Waals surface area contributed by atoms with Crippen LogP contribution in [-0.4, -0.2) is 25.5 Å². The van der Waals surface area contributed by atoms with Crippen molar-refractivity contribution in [3.05, 3.63) is 29.7 Å². The number of anilines is 1. The molecule has 21 heavy (non-hydrogen) atoms. The Morgan fingerprint density at radius 2 is 2.05 bits per heavy atom. The van der Waals surface area contributed by atoms with E-state index < -0.39 is 23.8 Å². The van der Waals surface area contributed by atoms with E-state index in [0.29, 0.717) is 5.82 Å². The first-order valence-electron chi connectivity index (χ1n) is 6.12. The molecule has 0 aromatic carbocycles. The monoisotopic (exact) mass is 301 g/mol. The van der Waals surface area contributed by atoms with E-state index in [1.807, 2.05) is 0 Å². The first kappa shape index (κ1) is 15.1. The van der Waals surface area contributed by atoms with Crippen molar-refractivity contribution in [1.29, 1.82) is 0 Å². The fraction of sp³-hybridized carbons (Fsp3) is 0.417. The van der Waals surface area contributed by atoms with Crippen LogP contribution >= 0.6 is 0 Å². The van der Waals surface area contributed by atoms with Gasteiger partial charge in [0.15, 0.2) is 11.5 Å². The lowest BCUT2D eigenvalue weighted by Gasteiger charge is -2.13. The minimum atomic E-state index is -4.53. The fourth-order valence-corrected chi connectivity index (χ4v) is 1.84. The molecule has 2 aromatic rings. The molecule has 1 amide bonds. The molecular formula is C12H14F3N5O. The zero-order valence-corrected chi connectivity index (χ0v) is 11.6. The molecule has 0 bridgehead atoms. The number of alkyl halides is 3. The zero-order valence-electron chi connectivity index (χ0n) is 11.6. The van der Waals surface area contributed by atoms with Gasteiger partial charge < -0.3 is 5.32 Å². The highest BCUT2D eigenvalue weighted by atomic mass is 19.4. The number of nitrogens with one attached hydrogen (secondary N) is 1. The molecule has 114 valence electrons. The number of aromatic nitrogens is 4. The van der Waals surface area contributed by atoms with Crippen molar-refractivity contribution in [1.82, 2.24) is 19.6 Å². The summed E-state index contributed by atoms with van der Waals surface area (Å²) in [7, 11) is 1.69. The highest BCUT2D eigenvalue weighted by molar-refractivity contribution is 5.92. The minimum absolute atomic E-state index is 0.256. The van der Waals surface area contributed by atoms with Crippen LogP contribution in [0.15, 0.2) is 18.3 Å². The number of hydrogen-bond donors (Lipinski definition) is 1. The molecule has 0 fully saturated rings. The topological polar surface area (TPSA) is 64.7 Å². The van der Waals surface area contributed by atoms with E-state index in [1.165, 1.54) is 18.5 Å². The third-order valence-electron chi connectivity index (χ3n) is 2.92. The molecule has 6 nitrogen and oxygen atoms in total. The van der Waals surface area contributed by atoms with Crippen LogP contribution in [-0.2, 0) is 18.0 Å². The summed E-state index contributed by atoms with van der Waals surface area (Å²) >= 11 is 0. The molecule has 1 N–H and O–H groups in total. The summed E-state index contributed by atoms with van der Waals surface area (Å²) in [6.07, 6.45) is -2.89. The predicted octanol–water partition coefficient (Wildman–Crippen LogP) is 2.14. The van der Waals surface area contributed by atoms with Crippen molar-refractivity contribution in [2.75, 3.05) is 5.32 Å². The molecule has 0 saturated heterocycles. The largest absolute Gasteiger partial charge is 0.435 e. The predicted molar refractivity (Wildman–Crippen MR) is 68.5 cm³/mol. The van der Waals surface area contributed by atoms with Gasteiger partial charge in [0.1, 0.15) is 6.04 Å². The van der Waals surface area contributed by atoms with Gasteiger partial charge in [-0.25, -0.2) is 0 Å². The van der Waals surface area contributed by atoms with Crippen molar-refractivity contribution < 1.29 is 18.0 Å². The van der Waals surface area contributed by atoms with E-state index in [9.17, 15) is 18.0 Å². The number of rotatable bonds is 3. The second-order valence-corrected chi connectivity index (χ2v) is 4.65. The Morgan fingerprint density at radius 1 is 1.38 bits per heavy atom. The molecule has 0 aliphatic rings. The van der Waals surface area contributed by atoms with Gasteiger partial charge in [-0.1, -0.05) is 0 Å². The molecule has 0 spiro atoms. The number of carbonyl (C=O) groups is 1. The second-order valence-electron chi connectivity index (χ2n) is 4.65. The molecule has 2 aromatic heterocycles. The zero-order chi connectivity index (χ0) is 15.8. The molecule has 0 aliphatic heterocycles. The van der Waals surface area contributed by atoms with Crippen LogP contribution in [0.1, 0.15) is 24.4 Å². The summed E-state index contributed by atoms with van der Waals surface area (Å²) in [5.74, 6) is -0.163. The lowest BCUT2D eigenvalue weighted by molar-refractivity contribution is -0.141. The SMILES string of the molecule is Cc1cc(C(F)(F)F)nn1[C@H](C)C(=O)Nc1ccn(C)n1. The van der Waals surface area contributed by atoms with Gasteiger partial charge in [0.2, 0.25) is 5.91 Å². The van der Waals surface area contributed by atoms with Gasteiger partial charge in [-0.3, -0.25) is 14.2 Å².